The van der Waals surface area contributed by atoms with Gasteiger partial charge in [-0.1, -0.05) is 35.0 Å². The molecule has 0 atom stereocenters. The number of allylic oxidation sites excluding steroid dienone is 1. The van der Waals surface area contributed by atoms with Crippen molar-refractivity contribution in [3.63, 3.8) is 0 Å². The van der Waals surface area contributed by atoms with Gasteiger partial charge in [0.2, 0.25) is 5.91 Å². The molecule has 1 heterocycles. The molecule has 1 aromatic carbocycles. The van der Waals surface area contributed by atoms with Gasteiger partial charge in [-0.25, -0.2) is 0 Å². The fourth-order valence-corrected chi connectivity index (χ4v) is 2.48. The number of hydrogen-bond acceptors (Lipinski definition) is 3. The van der Waals surface area contributed by atoms with E-state index in [0.29, 0.717) is 11.6 Å². The van der Waals surface area contributed by atoms with Crippen molar-refractivity contribution in [1.82, 2.24) is 10.1 Å². The molecule has 1 aromatic heterocycles. The van der Waals surface area contributed by atoms with Gasteiger partial charge in [-0.05, 0) is 38.0 Å². The summed E-state index contributed by atoms with van der Waals surface area (Å²) in [5.74, 6) is 0.654. The maximum absolute atomic E-state index is 12.3. The Morgan fingerprint density at radius 2 is 2.05 bits per heavy atom. The molecule has 0 saturated carbocycles. The molecular weight excluding hydrogens is 300 g/mol. The summed E-state index contributed by atoms with van der Waals surface area (Å²) < 4.78 is 5.12. The molecule has 0 fully saturated rings. The summed E-state index contributed by atoms with van der Waals surface area (Å²) >= 11 is 6.15. The van der Waals surface area contributed by atoms with Crippen molar-refractivity contribution in [1.29, 1.82) is 0 Å². The van der Waals surface area contributed by atoms with Crippen LogP contribution in [0.4, 0.5) is 0 Å². The Hall–Kier alpha value is -2.07. The molecule has 0 bridgehead atoms. The van der Waals surface area contributed by atoms with Gasteiger partial charge in [-0.2, -0.15) is 0 Å². The van der Waals surface area contributed by atoms with Crippen molar-refractivity contribution < 1.29 is 9.32 Å². The lowest BCUT2D eigenvalue weighted by atomic mass is 10.1. The normalized spacial score (nSPS) is 11.6. The maximum atomic E-state index is 12.3. The number of benzene rings is 1. The van der Waals surface area contributed by atoms with Crippen molar-refractivity contribution in [2.24, 2.45) is 0 Å². The lowest BCUT2D eigenvalue weighted by Gasteiger charge is -2.15. The van der Waals surface area contributed by atoms with Gasteiger partial charge in [0.15, 0.2) is 0 Å². The quantitative estimate of drug-likeness (QED) is 0.800. The van der Waals surface area contributed by atoms with Crippen LogP contribution in [0.1, 0.15) is 29.5 Å². The molecule has 0 saturated heterocycles. The third kappa shape index (κ3) is 3.57. The highest BCUT2D eigenvalue weighted by Gasteiger charge is 2.14. The minimum atomic E-state index is -0.0857. The van der Waals surface area contributed by atoms with Crippen molar-refractivity contribution in [2.75, 3.05) is 7.05 Å². The van der Waals surface area contributed by atoms with Crippen LogP contribution >= 0.6 is 11.6 Å². The molecule has 4 nitrogen and oxygen atoms in total. The minimum Gasteiger partial charge on any atom is -0.361 e. The summed E-state index contributed by atoms with van der Waals surface area (Å²) in [7, 11) is 1.75. The molecular formula is C17H19ClN2O2. The first kappa shape index (κ1) is 16.3. The number of amides is 1. The van der Waals surface area contributed by atoms with Crippen molar-refractivity contribution >= 4 is 23.1 Å². The minimum absolute atomic E-state index is 0.0857. The smallest absolute Gasteiger partial charge is 0.246 e. The number of likely N-dealkylation sites (N-methyl/N-ethyl adjacent to an activating group) is 1. The standard InChI is InChI=1S/C17H19ClN2O2/c1-11(14-7-5-6-8-16(14)18)9-17(21)20(4)10-15-12(2)19-22-13(15)3/h5-9H,10H2,1-4H3/b11-9-. The molecule has 5 heteroatoms. The SMILES string of the molecule is C/C(=C/C(=O)N(C)Cc1c(C)noc1C)c1ccccc1Cl. The van der Waals surface area contributed by atoms with E-state index in [0.717, 1.165) is 28.2 Å². The van der Waals surface area contributed by atoms with Crippen LogP contribution in [0.5, 0.6) is 0 Å². The van der Waals surface area contributed by atoms with Crippen LogP contribution in [-0.4, -0.2) is 23.0 Å². The summed E-state index contributed by atoms with van der Waals surface area (Å²) in [6.45, 7) is 6.06. The number of carbonyl (C=O) groups is 1. The third-order valence-electron chi connectivity index (χ3n) is 3.59. The molecule has 0 unspecified atom stereocenters. The highest BCUT2D eigenvalue weighted by Crippen LogP contribution is 2.23. The lowest BCUT2D eigenvalue weighted by Crippen LogP contribution is -2.25. The van der Waals surface area contributed by atoms with Crippen molar-refractivity contribution in [3.05, 3.63) is 57.9 Å². The average Bonchev–Trinajstić information content (AvgIpc) is 2.79. The van der Waals surface area contributed by atoms with Gasteiger partial charge in [0.1, 0.15) is 5.76 Å². The molecule has 2 aromatic rings. The number of halogens is 1. The molecule has 0 aliphatic carbocycles. The van der Waals surface area contributed by atoms with E-state index in [9.17, 15) is 4.79 Å². The first-order valence-corrected chi connectivity index (χ1v) is 7.38. The van der Waals surface area contributed by atoms with Crippen LogP contribution < -0.4 is 0 Å². The summed E-state index contributed by atoms with van der Waals surface area (Å²) in [5.41, 5.74) is 3.45. The zero-order valence-corrected chi connectivity index (χ0v) is 13.9. The van der Waals surface area contributed by atoms with E-state index in [1.165, 1.54) is 0 Å². The highest BCUT2D eigenvalue weighted by molar-refractivity contribution is 6.32. The fraction of sp³-hybridized carbons (Fsp3) is 0.294. The summed E-state index contributed by atoms with van der Waals surface area (Å²) in [6.07, 6.45) is 1.60. The molecule has 116 valence electrons. The maximum Gasteiger partial charge on any atom is 0.246 e. The zero-order chi connectivity index (χ0) is 16.3. The molecule has 0 N–H and O–H groups in total. The zero-order valence-electron chi connectivity index (χ0n) is 13.2. The van der Waals surface area contributed by atoms with Crippen molar-refractivity contribution in [3.8, 4) is 0 Å². The Balaban J connectivity index is 2.14. The van der Waals surface area contributed by atoms with Crippen LogP contribution in [0.15, 0.2) is 34.9 Å². The Kier molecular flexibility index (Phi) is 5.03. The monoisotopic (exact) mass is 318 g/mol. The van der Waals surface area contributed by atoms with Crippen molar-refractivity contribution in [2.45, 2.75) is 27.3 Å². The summed E-state index contributed by atoms with van der Waals surface area (Å²) in [5, 5.41) is 4.54. The van der Waals surface area contributed by atoms with E-state index in [-0.39, 0.29) is 5.91 Å². The van der Waals surface area contributed by atoms with E-state index in [2.05, 4.69) is 5.16 Å². The van der Waals surface area contributed by atoms with Crippen LogP contribution in [0.25, 0.3) is 5.57 Å². The van der Waals surface area contributed by atoms with Gasteiger partial charge in [0, 0.05) is 23.7 Å². The van der Waals surface area contributed by atoms with Gasteiger partial charge in [-0.15, -0.1) is 0 Å². The topological polar surface area (TPSA) is 46.3 Å². The average molecular weight is 319 g/mol. The molecule has 0 aliphatic heterocycles. The third-order valence-corrected chi connectivity index (χ3v) is 3.92. The number of aryl methyl sites for hydroxylation is 2. The van der Waals surface area contributed by atoms with Gasteiger partial charge < -0.3 is 9.42 Å². The van der Waals surface area contributed by atoms with Crippen LogP contribution in [0.3, 0.4) is 0 Å². The second kappa shape index (κ2) is 6.79. The fourth-order valence-electron chi connectivity index (χ4n) is 2.20. The number of nitrogens with zero attached hydrogens (tertiary/aromatic N) is 2. The molecule has 0 aliphatic rings. The molecule has 0 radical (unpaired) electrons. The van der Waals surface area contributed by atoms with E-state index >= 15 is 0 Å². The summed E-state index contributed by atoms with van der Waals surface area (Å²) in [6, 6.07) is 7.48. The van der Waals surface area contributed by atoms with Crippen LogP contribution in [0, 0.1) is 13.8 Å². The number of rotatable bonds is 4. The van der Waals surface area contributed by atoms with Gasteiger partial charge in [0.05, 0.1) is 12.2 Å². The molecule has 0 spiro atoms. The van der Waals surface area contributed by atoms with Crippen LogP contribution in [0.2, 0.25) is 5.02 Å². The Morgan fingerprint density at radius 1 is 1.36 bits per heavy atom. The van der Waals surface area contributed by atoms with E-state index < -0.39 is 0 Å². The first-order chi connectivity index (χ1) is 10.4. The lowest BCUT2D eigenvalue weighted by molar-refractivity contribution is -0.125. The Labute approximate surface area is 135 Å². The second-order valence-corrected chi connectivity index (χ2v) is 5.71. The Bertz CT molecular complexity index is 700. The van der Waals surface area contributed by atoms with Gasteiger partial charge in [-0.3, -0.25) is 4.79 Å². The van der Waals surface area contributed by atoms with Gasteiger partial charge >= 0.3 is 0 Å². The highest BCUT2D eigenvalue weighted by atomic mass is 35.5. The molecule has 22 heavy (non-hydrogen) atoms. The predicted octanol–water partition coefficient (Wildman–Crippen LogP) is 4.01. The number of hydrogen-bond donors (Lipinski definition) is 0. The number of carbonyl (C=O) groups excluding carboxylic acids is 1. The predicted molar refractivity (Wildman–Crippen MR) is 87.6 cm³/mol. The molecule has 1 amide bonds. The first-order valence-electron chi connectivity index (χ1n) is 7.00. The van der Waals surface area contributed by atoms with Gasteiger partial charge in [0.25, 0.3) is 0 Å². The Morgan fingerprint density at radius 3 is 2.64 bits per heavy atom. The summed E-state index contributed by atoms with van der Waals surface area (Å²) in [4.78, 5) is 14.0. The molecule has 2 rings (SSSR count). The van der Waals surface area contributed by atoms with E-state index in [4.69, 9.17) is 16.1 Å². The largest absolute Gasteiger partial charge is 0.361 e. The van der Waals surface area contributed by atoms with E-state index in [1.54, 1.807) is 18.0 Å². The number of aromatic nitrogens is 1. The van der Waals surface area contributed by atoms with E-state index in [1.807, 2.05) is 45.0 Å². The van der Waals surface area contributed by atoms with Crippen LogP contribution in [-0.2, 0) is 11.3 Å². The second-order valence-electron chi connectivity index (χ2n) is 5.30.